The van der Waals surface area contributed by atoms with Crippen LogP contribution in [0.2, 0.25) is 5.02 Å². The van der Waals surface area contributed by atoms with E-state index in [1.54, 1.807) is 24.3 Å². The number of halogens is 1. The van der Waals surface area contributed by atoms with Crippen molar-refractivity contribution in [3.05, 3.63) is 59.1 Å². The second-order valence-electron chi connectivity index (χ2n) is 5.12. The van der Waals surface area contributed by atoms with E-state index >= 15 is 0 Å². The Hall–Kier alpha value is -2.09. The molecule has 0 fully saturated rings. The number of carbonyl (C=O) groups excluding carboxylic acids is 1. The number of benzene rings is 2. The molecule has 0 amide bonds. The van der Waals surface area contributed by atoms with Gasteiger partial charge in [-0.05, 0) is 30.3 Å². The van der Waals surface area contributed by atoms with Crippen LogP contribution in [0.3, 0.4) is 0 Å². The highest BCUT2D eigenvalue weighted by atomic mass is 35.5. The number of carbonyl (C=O) groups is 1. The third-order valence-corrected chi connectivity index (χ3v) is 5.63. The summed E-state index contributed by atoms with van der Waals surface area (Å²) in [5.74, 6) is -0.107. The number of methoxy groups -OCH3 is 1. The van der Waals surface area contributed by atoms with E-state index in [9.17, 15) is 13.2 Å². The molecule has 2 aromatic rings. The topological polar surface area (TPSA) is 72.9 Å². The molecule has 25 heavy (non-hydrogen) atoms. The lowest BCUT2D eigenvalue weighted by Crippen LogP contribution is -2.31. The molecule has 134 valence electrons. The lowest BCUT2D eigenvalue weighted by atomic mass is 10.2. The minimum atomic E-state index is -3.76. The molecule has 0 spiro atoms. The third kappa shape index (κ3) is 4.72. The van der Waals surface area contributed by atoms with Gasteiger partial charge in [0, 0.05) is 13.6 Å². The minimum Gasteiger partial charge on any atom is -0.491 e. The zero-order valence-electron chi connectivity index (χ0n) is 13.8. The van der Waals surface area contributed by atoms with Crippen molar-refractivity contribution in [2.75, 3.05) is 27.3 Å². The molecule has 0 bridgehead atoms. The first-order chi connectivity index (χ1) is 11.9. The van der Waals surface area contributed by atoms with Crippen LogP contribution in [-0.4, -0.2) is 46.0 Å². The van der Waals surface area contributed by atoms with Gasteiger partial charge in [0.2, 0.25) is 10.0 Å². The van der Waals surface area contributed by atoms with Crippen LogP contribution in [0.1, 0.15) is 10.4 Å². The van der Waals surface area contributed by atoms with Gasteiger partial charge in [-0.3, -0.25) is 0 Å². The molecule has 0 atom stereocenters. The molecule has 2 aromatic carbocycles. The molecule has 2 rings (SSSR count). The van der Waals surface area contributed by atoms with Crippen molar-refractivity contribution in [3.63, 3.8) is 0 Å². The summed E-state index contributed by atoms with van der Waals surface area (Å²) in [5.41, 5.74) is 0.171. The third-order valence-electron chi connectivity index (χ3n) is 3.46. The van der Waals surface area contributed by atoms with Crippen LogP contribution in [0.15, 0.2) is 53.4 Å². The summed E-state index contributed by atoms with van der Waals surface area (Å²) in [6, 6.07) is 12.6. The van der Waals surface area contributed by atoms with Crippen molar-refractivity contribution < 1.29 is 22.7 Å². The number of ether oxygens (including phenoxy) is 2. The Morgan fingerprint density at radius 1 is 1.16 bits per heavy atom. The maximum Gasteiger partial charge on any atom is 0.337 e. The van der Waals surface area contributed by atoms with Gasteiger partial charge in [-0.1, -0.05) is 29.8 Å². The van der Waals surface area contributed by atoms with E-state index in [4.69, 9.17) is 16.3 Å². The Kier molecular flexibility index (Phi) is 6.41. The second kappa shape index (κ2) is 8.33. The van der Waals surface area contributed by atoms with Crippen LogP contribution in [0, 0.1) is 0 Å². The van der Waals surface area contributed by atoms with Crippen LogP contribution in [0.25, 0.3) is 0 Å². The molecule has 8 heteroatoms. The average Bonchev–Trinajstić information content (AvgIpc) is 2.62. The number of nitrogens with zero attached hydrogens (tertiary/aromatic N) is 1. The van der Waals surface area contributed by atoms with Gasteiger partial charge in [-0.2, -0.15) is 4.31 Å². The van der Waals surface area contributed by atoms with E-state index in [-0.39, 0.29) is 23.6 Å². The first kappa shape index (κ1) is 19.2. The smallest absolute Gasteiger partial charge is 0.337 e. The van der Waals surface area contributed by atoms with Gasteiger partial charge in [-0.15, -0.1) is 0 Å². The van der Waals surface area contributed by atoms with E-state index < -0.39 is 16.0 Å². The van der Waals surface area contributed by atoms with E-state index in [2.05, 4.69) is 4.74 Å². The van der Waals surface area contributed by atoms with Gasteiger partial charge in [0.05, 0.1) is 22.6 Å². The molecule has 0 saturated carbocycles. The summed E-state index contributed by atoms with van der Waals surface area (Å²) >= 11 is 5.99. The molecule has 0 aliphatic carbocycles. The zero-order valence-corrected chi connectivity index (χ0v) is 15.4. The summed E-state index contributed by atoms with van der Waals surface area (Å²) in [7, 11) is -1.08. The number of esters is 1. The Bertz CT molecular complexity index is 854. The molecule has 0 aromatic heterocycles. The Morgan fingerprint density at radius 2 is 1.88 bits per heavy atom. The van der Waals surface area contributed by atoms with Crippen molar-refractivity contribution in [1.82, 2.24) is 4.31 Å². The van der Waals surface area contributed by atoms with Gasteiger partial charge < -0.3 is 9.47 Å². The van der Waals surface area contributed by atoms with Gasteiger partial charge in [-0.25, -0.2) is 13.2 Å². The highest BCUT2D eigenvalue weighted by Gasteiger charge is 2.22. The predicted octanol–water partition coefficient (Wildman–Crippen LogP) is 2.83. The SMILES string of the molecule is COC(=O)c1cccc(S(=O)(=O)N(C)CCOc2ccccc2Cl)c1. The molecule has 0 N–H and O–H groups in total. The molecule has 0 aliphatic rings. The molecule has 0 heterocycles. The normalized spacial score (nSPS) is 11.4. The molecular weight excluding hydrogens is 366 g/mol. The van der Waals surface area contributed by atoms with Crippen molar-refractivity contribution in [2.45, 2.75) is 4.90 Å². The average molecular weight is 384 g/mol. The lowest BCUT2D eigenvalue weighted by molar-refractivity contribution is 0.0600. The van der Waals surface area contributed by atoms with Gasteiger partial charge in [0.15, 0.2) is 0 Å². The van der Waals surface area contributed by atoms with Crippen molar-refractivity contribution in [3.8, 4) is 5.75 Å². The van der Waals surface area contributed by atoms with Crippen LogP contribution >= 0.6 is 11.6 Å². The van der Waals surface area contributed by atoms with E-state index in [1.807, 2.05) is 0 Å². The molecule has 0 saturated heterocycles. The summed E-state index contributed by atoms with van der Waals surface area (Å²) in [6.07, 6.45) is 0. The fraction of sp³-hybridized carbons (Fsp3) is 0.235. The van der Waals surface area contributed by atoms with Crippen molar-refractivity contribution in [1.29, 1.82) is 0 Å². The highest BCUT2D eigenvalue weighted by molar-refractivity contribution is 7.89. The van der Waals surface area contributed by atoms with Crippen LogP contribution < -0.4 is 4.74 Å². The maximum absolute atomic E-state index is 12.6. The summed E-state index contributed by atoms with van der Waals surface area (Å²) in [4.78, 5) is 11.6. The van der Waals surface area contributed by atoms with Crippen LogP contribution in [-0.2, 0) is 14.8 Å². The molecule has 0 unspecified atom stereocenters. The summed E-state index contributed by atoms with van der Waals surface area (Å²) in [5, 5.41) is 0.457. The zero-order chi connectivity index (χ0) is 18.4. The van der Waals surface area contributed by atoms with Gasteiger partial charge in [0.1, 0.15) is 12.4 Å². The highest BCUT2D eigenvalue weighted by Crippen LogP contribution is 2.23. The molecular formula is C17H18ClNO5S. The fourth-order valence-corrected chi connectivity index (χ4v) is 3.44. The minimum absolute atomic E-state index is 0.00986. The quantitative estimate of drug-likeness (QED) is 0.687. The standard InChI is InChI=1S/C17H18ClNO5S/c1-19(10-11-24-16-9-4-3-8-15(16)18)25(21,22)14-7-5-6-13(12-14)17(20)23-2/h3-9,12H,10-11H2,1-2H3. The summed E-state index contributed by atoms with van der Waals surface area (Å²) in [6.45, 7) is 0.256. The monoisotopic (exact) mass is 383 g/mol. The largest absolute Gasteiger partial charge is 0.491 e. The van der Waals surface area contributed by atoms with Crippen molar-refractivity contribution >= 4 is 27.6 Å². The van der Waals surface area contributed by atoms with E-state index in [0.717, 1.165) is 4.31 Å². The maximum atomic E-state index is 12.6. The van der Waals surface area contributed by atoms with Crippen LogP contribution in [0.4, 0.5) is 0 Å². The van der Waals surface area contributed by atoms with E-state index in [0.29, 0.717) is 10.8 Å². The number of rotatable bonds is 7. The molecule has 6 nitrogen and oxygen atoms in total. The fourth-order valence-electron chi connectivity index (χ4n) is 2.05. The Labute approximate surface area is 152 Å². The first-order valence-electron chi connectivity index (χ1n) is 7.38. The van der Waals surface area contributed by atoms with Crippen LogP contribution in [0.5, 0.6) is 5.75 Å². The lowest BCUT2D eigenvalue weighted by Gasteiger charge is -2.18. The number of hydrogen-bond acceptors (Lipinski definition) is 5. The van der Waals surface area contributed by atoms with Gasteiger partial charge >= 0.3 is 5.97 Å². The van der Waals surface area contributed by atoms with E-state index in [1.165, 1.54) is 38.4 Å². The Morgan fingerprint density at radius 3 is 2.56 bits per heavy atom. The van der Waals surface area contributed by atoms with Crippen molar-refractivity contribution in [2.24, 2.45) is 0 Å². The first-order valence-corrected chi connectivity index (χ1v) is 9.20. The molecule has 0 aliphatic heterocycles. The second-order valence-corrected chi connectivity index (χ2v) is 7.58. The number of sulfonamides is 1. The Balaban J connectivity index is 2.06. The number of para-hydroxylation sites is 1. The van der Waals surface area contributed by atoms with Gasteiger partial charge in [0.25, 0.3) is 0 Å². The predicted molar refractivity (Wildman–Crippen MR) is 94.5 cm³/mol. The summed E-state index contributed by atoms with van der Waals surface area (Å²) < 4.78 is 36.5. The number of likely N-dealkylation sites (N-methyl/N-ethyl adjacent to an activating group) is 1. The number of hydrogen-bond donors (Lipinski definition) is 0. The molecule has 0 radical (unpaired) electrons.